The lowest BCUT2D eigenvalue weighted by Gasteiger charge is -2.14. The Bertz CT molecular complexity index is 374. The van der Waals surface area contributed by atoms with Crippen LogP contribution < -0.4 is 0 Å². The highest BCUT2D eigenvalue weighted by Crippen LogP contribution is 2.31. The summed E-state index contributed by atoms with van der Waals surface area (Å²) in [5, 5.41) is 9.63. The van der Waals surface area contributed by atoms with Crippen LogP contribution in [0.1, 0.15) is 11.1 Å². The second kappa shape index (κ2) is 4.90. The first-order valence-corrected chi connectivity index (χ1v) is 6.54. The molecule has 0 radical (unpaired) electrons. The predicted molar refractivity (Wildman–Crippen MR) is 62.0 cm³/mol. The normalized spacial score (nSPS) is 25.2. The van der Waals surface area contributed by atoms with E-state index < -0.39 is 11.7 Å². The summed E-state index contributed by atoms with van der Waals surface area (Å²) in [4.78, 5) is 0. The van der Waals surface area contributed by atoms with Crippen LogP contribution in [0.3, 0.4) is 0 Å². The van der Waals surface area contributed by atoms with Crippen molar-refractivity contribution in [1.29, 1.82) is 0 Å². The van der Waals surface area contributed by atoms with Crippen LogP contribution in [0.25, 0.3) is 0 Å². The summed E-state index contributed by atoms with van der Waals surface area (Å²) in [6.07, 6.45) is -3.96. The van der Waals surface area contributed by atoms with Crippen molar-refractivity contribution in [2.75, 3.05) is 11.5 Å². The molecule has 1 heterocycles. The van der Waals surface area contributed by atoms with Gasteiger partial charge in [-0.25, -0.2) is 0 Å². The van der Waals surface area contributed by atoms with Crippen LogP contribution in [0.4, 0.5) is 13.2 Å². The van der Waals surface area contributed by atoms with E-state index in [1.807, 2.05) is 0 Å². The molecule has 1 nitrogen and oxygen atoms in total. The highest BCUT2D eigenvalue weighted by molar-refractivity contribution is 7.99. The van der Waals surface area contributed by atoms with Crippen molar-refractivity contribution in [3.63, 3.8) is 0 Å². The maximum absolute atomic E-state index is 12.3. The van der Waals surface area contributed by atoms with Crippen LogP contribution in [0.15, 0.2) is 24.3 Å². The van der Waals surface area contributed by atoms with E-state index in [-0.39, 0.29) is 12.0 Å². The van der Waals surface area contributed by atoms with Crippen molar-refractivity contribution in [2.45, 2.75) is 18.7 Å². The Morgan fingerprint density at radius 2 is 1.82 bits per heavy atom. The molecule has 0 aliphatic carbocycles. The molecule has 0 spiro atoms. The molecule has 1 aliphatic heterocycles. The highest BCUT2D eigenvalue weighted by atomic mass is 32.2. The molecule has 1 saturated heterocycles. The monoisotopic (exact) mass is 262 g/mol. The number of alkyl halides is 3. The first kappa shape index (κ1) is 12.8. The maximum atomic E-state index is 12.3. The maximum Gasteiger partial charge on any atom is 0.416 e. The smallest absolute Gasteiger partial charge is 0.392 e. The SMILES string of the molecule is OC1CSCC1Cc1ccc(C(F)(F)F)cc1. The van der Waals surface area contributed by atoms with Gasteiger partial charge >= 0.3 is 6.18 Å². The molecule has 94 valence electrons. The minimum atomic E-state index is -4.28. The quantitative estimate of drug-likeness (QED) is 0.884. The summed E-state index contributed by atoms with van der Waals surface area (Å²) in [5.74, 6) is 1.77. The van der Waals surface area contributed by atoms with Gasteiger partial charge in [0.05, 0.1) is 11.7 Å². The molecule has 1 fully saturated rings. The Morgan fingerprint density at radius 3 is 2.29 bits per heavy atom. The van der Waals surface area contributed by atoms with Gasteiger partial charge < -0.3 is 5.11 Å². The van der Waals surface area contributed by atoms with Gasteiger partial charge in [0.2, 0.25) is 0 Å². The first-order valence-electron chi connectivity index (χ1n) is 5.39. The predicted octanol–water partition coefficient (Wildman–Crippen LogP) is 2.97. The first-order chi connectivity index (χ1) is 7.97. The molecule has 2 rings (SSSR count). The van der Waals surface area contributed by atoms with E-state index in [9.17, 15) is 18.3 Å². The molecular weight excluding hydrogens is 249 g/mol. The number of hydrogen-bond donors (Lipinski definition) is 1. The second-order valence-corrected chi connectivity index (χ2v) is 5.34. The van der Waals surface area contributed by atoms with E-state index in [0.717, 1.165) is 29.2 Å². The summed E-state index contributed by atoms with van der Waals surface area (Å²) in [6.45, 7) is 0. The summed E-state index contributed by atoms with van der Waals surface area (Å²) in [6, 6.07) is 5.20. The Labute approximate surface area is 102 Å². The molecule has 1 aromatic carbocycles. The average molecular weight is 262 g/mol. The summed E-state index contributed by atoms with van der Waals surface area (Å²) >= 11 is 1.69. The number of thioether (sulfide) groups is 1. The lowest BCUT2D eigenvalue weighted by Crippen LogP contribution is -2.19. The van der Waals surface area contributed by atoms with Crippen molar-refractivity contribution in [1.82, 2.24) is 0 Å². The molecule has 1 N–H and O–H groups in total. The van der Waals surface area contributed by atoms with E-state index >= 15 is 0 Å². The van der Waals surface area contributed by atoms with Gasteiger partial charge in [0.15, 0.2) is 0 Å². The molecule has 0 amide bonds. The van der Waals surface area contributed by atoms with E-state index in [1.165, 1.54) is 12.1 Å². The molecule has 1 aliphatic rings. The third kappa shape index (κ3) is 3.16. The number of aliphatic hydroxyl groups excluding tert-OH is 1. The van der Waals surface area contributed by atoms with Crippen molar-refractivity contribution >= 4 is 11.8 Å². The van der Waals surface area contributed by atoms with Gasteiger partial charge in [0, 0.05) is 5.75 Å². The minimum absolute atomic E-state index is 0.164. The van der Waals surface area contributed by atoms with E-state index in [4.69, 9.17) is 0 Å². The van der Waals surface area contributed by atoms with Gasteiger partial charge in [-0.15, -0.1) is 0 Å². The lowest BCUT2D eigenvalue weighted by atomic mass is 9.96. The molecule has 0 aromatic heterocycles. The third-order valence-corrected chi connectivity index (χ3v) is 4.18. The summed E-state index contributed by atoms with van der Waals surface area (Å²) < 4.78 is 37.0. The lowest BCUT2D eigenvalue weighted by molar-refractivity contribution is -0.137. The summed E-state index contributed by atoms with van der Waals surface area (Å²) in [7, 11) is 0. The topological polar surface area (TPSA) is 20.2 Å². The fraction of sp³-hybridized carbons (Fsp3) is 0.500. The van der Waals surface area contributed by atoms with Gasteiger partial charge in [0.25, 0.3) is 0 Å². The van der Waals surface area contributed by atoms with Gasteiger partial charge in [-0.2, -0.15) is 24.9 Å². The van der Waals surface area contributed by atoms with Gasteiger partial charge in [0.1, 0.15) is 0 Å². The number of benzene rings is 1. The molecule has 0 saturated carbocycles. The number of halogens is 3. The van der Waals surface area contributed by atoms with Gasteiger partial charge in [-0.05, 0) is 35.8 Å². The van der Waals surface area contributed by atoms with E-state index in [1.54, 1.807) is 11.8 Å². The number of rotatable bonds is 2. The van der Waals surface area contributed by atoms with Crippen molar-refractivity contribution < 1.29 is 18.3 Å². The van der Waals surface area contributed by atoms with E-state index in [0.29, 0.717) is 6.42 Å². The largest absolute Gasteiger partial charge is 0.416 e. The summed E-state index contributed by atoms with van der Waals surface area (Å²) in [5.41, 5.74) is 0.229. The number of aliphatic hydroxyl groups is 1. The second-order valence-electron chi connectivity index (χ2n) is 4.26. The molecule has 5 heteroatoms. The van der Waals surface area contributed by atoms with Crippen molar-refractivity contribution in [3.8, 4) is 0 Å². The highest BCUT2D eigenvalue weighted by Gasteiger charge is 2.30. The molecule has 1 aromatic rings. The van der Waals surface area contributed by atoms with Crippen LogP contribution in [0.5, 0.6) is 0 Å². The Kier molecular flexibility index (Phi) is 3.68. The zero-order chi connectivity index (χ0) is 12.5. The Morgan fingerprint density at radius 1 is 1.18 bits per heavy atom. The van der Waals surface area contributed by atoms with Crippen molar-refractivity contribution in [2.24, 2.45) is 5.92 Å². The van der Waals surface area contributed by atoms with Crippen molar-refractivity contribution in [3.05, 3.63) is 35.4 Å². The zero-order valence-electron chi connectivity index (χ0n) is 9.07. The fourth-order valence-electron chi connectivity index (χ4n) is 1.91. The Hall–Kier alpha value is -0.680. The van der Waals surface area contributed by atoms with E-state index in [2.05, 4.69) is 0 Å². The van der Waals surface area contributed by atoms with Gasteiger partial charge in [-0.1, -0.05) is 12.1 Å². The average Bonchev–Trinajstić information content (AvgIpc) is 2.64. The van der Waals surface area contributed by atoms with Crippen LogP contribution in [0.2, 0.25) is 0 Å². The van der Waals surface area contributed by atoms with Crippen LogP contribution in [0, 0.1) is 5.92 Å². The standard InChI is InChI=1S/C12H13F3OS/c13-12(14,15)10-3-1-8(2-4-10)5-9-6-17-7-11(9)16/h1-4,9,11,16H,5-7H2. The van der Waals surface area contributed by atoms with Crippen LogP contribution in [-0.4, -0.2) is 22.7 Å². The minimum Gasteiger partial charge on any atom is -0.392 e. The molecular formula is C12H13F3OS. The number of hydrogen-bond acceptors (Lipinski definition) is 2. The zero-order valence-corrected chi connectivity index (χ0v) is 9.89. The molecule has 2 unspecified atom stereocenters. The molecule has 2 atom stereocenters. The molecule has 17 heavy (non-hydrogen) atoms. The molecule has 0 bridgehead atoms. The van der Waals surface area contributed by atoms with Crippen LogP contribution in [-0.2, 0) is 12.6 Å². The Balaban J connectivity index is 2.03. The third-order valence-electron chi connectivity index (χ3n) is 2.94. The fourth-order valence-corrected chi connectivity index (χ4v) is 3.21. The van der Waals surface area contributed by atoms with Gasteiger partial charge in [-0.3, -0.25) is 0 Å². The van der Waals surface area contributed by atoms with Crippen LogP contribution >= 0.6 is 11.8 Å².